The van der Waals surface area contributed by atoms with Gasteiger partial charge in [0.05, 0.1) is 16.7 Å². The van der Waals surface area contributed by atoms with Crippen LogP contribution in [0.2, 0.25) is 0 Å². The first kappa shape index (κ1) is 34.4. The van der Waals surface area contributed by atoms with Gasteiger partial charge in [0.25, 0.3) is 0 Å². The summed E-state index contributed by atoms with van der Waals surface area (Å²) in [6.07, 6.45) is 0. The molecule has 1 aromatic heterocycles. The van der Waals surface area contributed by atoms with E-state index in [1.807, 2.05) is 0 Å². The smallest absolute Gasteiger partial charge is 0.0619 e. The topological polar surface area (TPSA) is 11.4 Å². The van der Waals surface area contributed by atoms with E-state index in [9.17, 15) is 0 Å². The molecule has 0 unspecified atom stereocenters. The predicted molar refractivity (Wildman–Crippen MR) is 252 cm³/mol. The maximum absolute atomic E-state index is 2.56. The minimum atomic E-state index is -0.164. The number of aromatic nitrogens is 1. The lowest BCUT2D eigenvalue weighted by molar-refractivity contribution is 0.660. The van der Waals surface area contributed by atoms with Crippen molar-refractivity contribution in [3.05, 3.63) is 223 Å². The Labute approximate surface area is 350 Å². The van der Waals surface area contributed by atoms with Crippen LogP contribution >= 0.6 is 0 Å². The molecule has 9 aromatic carbocycles. The second-order valence-electron chi connectivity index (χ2n) is 16.6. The normalized spacial score (nSPS) is 13.0. The number of fused-ring (bicyclic) bond motifs is 5. The van der Waals surface area contributed by atoms with E-state index in [2.05, 4.69) is 241 Å². The van der Waals surface area contributed by atoms with Gasteiger partial charge in [-0.25, -0.2) is 0 Å². The number of nitrogens with zero attached hydrogens (tertiary/aromatic N) is 3. The summed E-state index contributed by atoms with van der Waals surface area (Å²) in [6, 6.07) is 77.5. The first-order valence-corrected chi connectivity index (χ1v) is 20.9. The van der Waals surface area contributed by atoms with E-state index in [1.54, 1.807) is 0 Å². The highest BCUT2D eigenvalue weighted by Gasteiger charge is 2.41. The van der Waals surface area contributed by atoms with E-state index in [-0.39, 0.29) is 5.41 Å². The average Bonchev–Trinajstić information content (AvgIpc) is 3.71. The highest BCUT2D eigenvalue weighted by molar-refractivity contribution is 6.17. The molecule has 1 aliphatic heterocycles. The molecule has 0 N–H and O–H groups in total. The van der Waals surface area contributed by atoms with E-state index >= 15 is 0 Å². The third-order valence-electron chi connectivity index (χ3n) is 12.9. The van der Waals surface area contributed by atoms with Gasteiger partial charge in [0.2, 0.25) is 0 Å². The fourth-order valence-corrected chi connectivity index (χ4v) is 10.1. The Morgan fingerprint density at radius 3 is 1.53 bits per heavy atom. The quantitative estimate of drug-likeness (QED) is 0.160. The molecule has 0 atom stereocenters. The lowest BCUT2D eigenvalue weighted by Crippen LogP contribution is -2.15. The molecular formula is C57H41N3. The van der Waals surface area contributed by atoms with Crippen LogP contribution in [0, 0.1) is 0 Å². The molecule has 60 heavy (non-hydrogen) atoms. The van der Waals surface area contributed by atoms with Crippen LogP contribution in [0.3, 0.4) is 0 Å². The first-order chi connectivity index (χ1) is 29.5. The monoisotopic (exact) mass is 767 g/mol. The van der Waals surface area contributed by atoms with Gasteiger partial charge in [-0.3, -0.25) is 0 Å². The molecule has 0 saturated carbocycles. The largest absolute Gasteiger partial charge is 0.310 e. The zero-order valence-electron chi connectivity index (χ0n) is 33.5. The highest BCUT2D eigenvalue weighted by atomic mass is 15.2. The van der Waals surface area contributed by atoms with Crippen LogP contribution < -0.4 is 9.80 Å². The van der Waals surface area contributed by atoms with Crippen molar-refractivity contribution < 1.29 is 0 Å². The van der Waals surface area contributed by atoms with Gasteiger partial charge in [-0.1, -0.05) is 141 Å². The van der Waals surface area contributed by atoms with Crippen molar-refractivity contribution in [3.8, 4) is 39.1 Å². The van der Waals surface area contributed by atoms with Crippen LogP contribution in [0.4, 0.5) is 34.1 Å². The van der Waals surface area contributed by atoms with Gasteiger partial charge in [0.15, 0.2) is 0 Å². The van der Waals surface area contributed by atoms with Gasteiger partial charge in [-0.05, 0) is 118 Å². The molecule has 2 heterocycles. The Morgan fingerprint density at radius 1 is 0.367 bits per heavy atom. The molecule has 10 aromatic rings. The van der Waals surface area contributed by atoms with Gasteiger partial charge in [-0.2, -0.15) is 0 Å². The summed E-state index contributed by atoms with van der Waals surface area (Å²) in [5, 5.41) is 2.58. The van der Waals surface area contributed by atoms with E-state index < -0.39 is 0 Å². The molecule has 1 aliphatic carbocycles. The van der Waals surface area contributed by atoms with Crippen LogP contribution in [-0.4, -0.2) is 4.57 Å². The Balaban J connectivity index is 1.02. The summed E-state index contributed by atoms with van der Waals surface area (Å²) in [6.45, 7) is 4.80. The van der Waals surface area contributed by atoms with Crippen molar-refractivity contribution in [2.24, 2.45) is 0 Å². The fraction of sp³-hybridized carbons (Fsp3) is 0.0526. The summed E-state index contributed by atoms with van der Waals surface area (Å²) in [5.74, 6) is 0. The minimum absolute atomic E-state index is 0.164. The van der Waals surface area contributed by atoms with E-state index in [1.165, 1.54) is 72.0 Å². The third-order valence-corrected chi connectivity index (χ3v) is 12.9. The third kappa shape index (κ3) is 5.09. The highest BCUT2D eigenvalue weighted by Crippen LogP contribution is 2.58. The van der Waals surface area contributed by atoms with Crippen molar-refractivity contribution in [2.45, 2.75) is 19.3 Å². The SMILES string of the molecule is CC1(C)c2cccc3c2-c2c(cc(-c4ccc(N(c5ccccc5)c5cccc(N(c6ccccc6)c6ccccc6)c5)cc4)cc21)-n1c2ccccc2c2cccc-3c21. The van der Waals surface area contributed by atoms with Crippen LogP contribution in [0.15, 0.2) is 212 Å². The summed E-state index contributed by atoms with van der Waals surface area (Å²) >= 11 is 0. The van der Waals surface area contributed by atoms with Crippen LogP contribution in [0.1, 0.15) is 25.0 Å². The number of benzene rings is 9. The maximum atomic E-state index is 2.56. The molecule has 0 fully saturated rings. The van der Waals surface area contributed by atoms with Crippen molar-refractivity contribution in [1.29, 1.82) is 0 Å². The number of hydrogen-bond donors (Lipinski definition) is 0. The molecule has 0 spiro atoms. The Kier molecular flexibility index (Phi) is 7.58. The zero-order valence-corrected chi connectivity index (χ0v) is 33.5. The van der Waals surface area contributed by atoms with Crippen molar-refractivity contribution in [3.63, 3.8) is 0 Å². The molecule has 0 radical (unpaired) electrons. The maximum Gasteiger partial charge on any atom is 0.0619 e. The van der Waals surface area contributed by atoms with Crippen molar-refractivity contribution in [2.75, 3.05) is 9.80 Å². The summed E-state index contributed by atoms with van der Waals surface area (Å²) in [5.41, 5.74) is 20.8. The lowest BCUT2D eigenvalue weighted by atomic mass is 9.81. The van der Waals surface area contributed by atoms with Crippen LogP contribution in [0.5, 0.6) is 0 Å². The zero-order chi connectivity index (χ0) is 40.0. The fourth-order valence-electron chi connectivity index (χ4n) is 10.1. The number of hydrogen-bond acceptors (Lipinski definition) is 2. The van der Waals surface area contributed by atoms with Gasteiger partial charge < -0.3 is 14.4 Å². The first-order valence-electron chi connectivity index (χ1n) is 20.9. The second-order valence-corrected chi connectivity index (χ2v) is 16.6. The predicted octanol–water partition coefficient (Wildman–Crippen LogP) is 15.7. The standard InChI is InChI=1S/C57H41N3/c1-57(2)50-29-16-26-47-49-28-15-27-48-46-25-12-13-30-52(46)60(56(48)49)53-36-39(35-51(57)55(53)54(47)50)38-31-33-43(34-32-38)59(42-21-10-5-11-22-42)45-24-14-23-44(37-45)58(40-17-6-3-7-18-40)41-19-8-4-9-20-41/h3-37H,1-2H3. The Bertz CT molecular complexity index is 3230. The number of para-hydroxylation sites is 5. The molecule has 3 heteroatoms. The lowest BCUT2D eigenvalue weighted by Gasteiger charge is -2.29. The van der Waals surface area contributed by atoms with Gasteiger partial charge in [0.1, 0.15) is 0 Å². The van der Waals surface area contributed by atoms with Crippen molar-refractivity contribution >= 4 is 55.9 Å². The minimum Gasteiger partial charge on any atom is -0.310 e. The average molecular weight is 768 g/mol. The number of anilines is 6. The Morgan fingerprint density at radius 2 is 0.883 bits per heavy atom. The van der Waals surface area contributed by atoms with Crippen LogP contribution in [-0.2, 0) is 5.41 Å². The van der Waals surface area contributed by atoms with E-state index in [0.717, 1.165) is 34.1 Å². The molecule has 2 aliphatic rings. The molecule has 284 valence electrons. The summed E-state index contributed by atoms with van der Waals surface area (Å²) in [4.78, 5) is 4.68. The van der Waals surface area contributed by atoms with Crippen LogP contribution in [0.25, 0.3) is 60.9 Å². The molecule has 0 saturated heterocycles. The van der Waals surface area contributed by atoms with E-state index in [0.29, 0.717) is 0 Å². The number of rotatable bonds is 7. The van der Waals surface area contributed by atoms with Gasteiger partial charge >= 0.3 is 0 Å². The Hall–Kier alpha value is -7.62. The molecular weight excluding hydrogens is 727 g/mol. The summed E-state index contributed by atoms with van der Waals surface area (Å²) < 4.78 is 2.56. The summed E-state index contributed by atoms with van der Waals surface area (Å²) in [7, 11) is 0. The van der Waals surface area contributed by atoms with Gasteiger partial charge in [0, 0.05) is 61.4 Å². The second kappa shape index (κ2) is 13.2. The molecule has 3 nitrogen and oxygen atoms in total. The molecule has 0 bridgehead atoms. The van der Waals surface area contributed by atoms with E-state index in [4.69, 9.17) is 0 Å². The molecule has 12 rings (SSSR count). The molecule has 0 amide bonds. The van der Waals surface area contributed by atoms with Gasteiger partial charge in [-0.15, -0.1) is 0 Å². The van der Waals surface area contributed by atoms with Crippen molar-refractivity contribution in [1.82, 2.24) is 4.57 Å².